The van der Waals surface area contributed by atoms with E-state index in [2.05, 4.69) is 5.32 Å². The molecule has 0 atom stereocenters. The number of thioether (sulfide) groups is 2. The third-order valence-electron chi connectivity index (χ3n) is 3.06. The van der Waals surface area contributed by atoms with Crippen molar-refractivity contribution >= 4 is 40.9 Å². The van der Waals surface area contributed by atoms with Gasteiger partial charge in [0.2, 0.25) is 0 Å². The first-order chi connectivity index (χ1) is 11.9. The lowest BCUT2D eigenvalue weighted by Crippen LogP contribution is -2.21. The number of rotatable bonds is 9. The molecule has 0 unspecified atom stereocenters. The summed E-state index contributed by atoms with van der Waals surface area (Å²) in [4.78, 5) is 27.2. The van der Waals surface area contributed by atoms with Gasteiger partial charge in [0, 0.05) is 32.1 Å². The molecule has 6 heteroatoms. The molecule has 4 nitrogen and oxygen atoms in total. The Morgan fingerprint density at radius 1 is 1.08 bits per heavy atom. The lowest BCUT2D eigenvalue weighted by Gasteiger charge is -2.13. The molecule has 0 heterocycles. The monoisotopic (exact) mass is 378 g/mol. The lowest BCUT2D eigenvalue weighted by molar-refractivity contribution is -0.117. The zero-order valence-corrected chi connectivity index (χ0v) is 17.1. The van der Waals surface area contributed by atoms with Gasteiger partial charge < -0.3 is 10.2 Å². The molecule has 0 aromatic heterocycles. The summed E-state index contributed by atoms with van der Waals surface area (Å²) in [5.74, 6) is 0.951. The number of carbonyl (C=O) groups excluding carboxylic acids is 2. The maximum Gasteiger partial charge on any atom is 0.261 e. The number of nitrogens with zero attached hydrogens (tertiary/aromatic N) is 1. The number of benzene rings is 1. The van der Waals surface area contributed by atoms with Gasteiger partial charge in [-0.1, -0.05) is 31.5 Å². The standard InChI is InChI=1S/C19H26N2O2S2/c1-6-24-19(25-7-2)17(16(22)12-13-21(4)5)18(23)20-15-10-8-14(3)9-11-15/h8-13H,6-7H2,1-5H3,(H,20,23)/b13-12+. The van der Waals surface area contributed by atoms with Crippen molar-refractivity contribution in [2.75, 3.05) is 30.9 Å². The van der Waals surface area contributed by atoms with Gasteiger partial charge in [-0.3, -0.25) is 9.59 Å². The average molecular weight is 379 g/mol. The van der Waals surface area contributed by atoms with E-state index in [0.717, 1.165) is 21.3 Å². The van der Waals surface area contributed by atoms with Crippen LogP contribution in [0.3, 0.4) is 0 Å². The van der Waals surface area contributed by atoms with Crippen LogP contribution in [0.4, 0.5) is 5.69 Å². The van der Waals surface area contributed by atoms with Gasteiger partial charge in [-0.15, -0.1) is 23.5 Å². The van der Waals surface area contributed by atoms with Crippen molar-refractivity contribution in [3.05, 3.63) is 51.9 Å². The van der Waals surface area contributed by atoms with Crippen LogP contribution in [0.15, 0.2) is 46.4 Å². The summed E-state index contributed by atoms with van der Waals surface area (Å²) in [5, 5.41) is 2.84. The number of hydrogen-bond acceptors (Lipinski definition) is 5. The second-order valence-corrected chi connectivity index (χ2v) is 8.30. The minimum atomic E-state index is -0.367. The first-order valence-electron chi connectivity index (χ1n) is 8.15. The normalized spacial score (nSPS) is 10.6. The van der Waals surface area contributed by atoms with E-state index in [4.69, 9.17) is 0 Å². The Bertz CT molecular complexity index is 642. The third-order valence-corrected chi connectivity index (χ3v) is 5.28. The van der Waals surface area contributed by atoms with Crippen molar-refractivity contribution in [3.8, 4) is 0 Å². The first kappa shape index (κ1) is 21.4. The molecular weight excluding hydrogens is 352 g/mol. The zero-order chi connectivity index (χ0) is 18.8. The van der Waals surface area contributed by atoms with Crippen LogP contribution in [0.25, 0.3) is 0 Å². The smallest absolute Gasteiger partial charge is 0.261 e. The van der Waals surface area contributed by atoms with Gasteiger partial charge in [-0.05, 0) is 30.6 Å². The minimum Gasteiger partial charge on any atom is -0.383 e. The molecule has 1 amide bonds. The molecule has 1 rings (SSSR count). The van der Waals surface area contributed by atoms with Crippen molar-refractivity contribution in [2.45, 2.75) is 20.8 Å². The SMILES string of the molecule is CCSC(SCC)=C(C(=O)/C=C/N(C)C)C(=O)Nc1ccc(C)cc1. The van der Waals surface area contributed by atoms with E-state index < -0.39 is 0 Å². The molecule has 1 aromatic carbocycles. The van der Waals surface area contributed by atoms with Crippen molar-refractivity contribution < 1.29 is 9.59 Å². The van der Waals surface area contributed by atoms with Crippen molar-refractivity contribution in [1.29, 1.82) is 0 Å². The van der Waals surface area contributed by atoms with Crippen LogP contribution >= 0.6 is 23.5 Å². The quantitative estimate of drug-likeness (QED) is 0.394. The molecule has 0 aliphatic heterocycles. The van der Waals surface area contributed by atoms with Gasteiger partial charge in [0.05, 0.1) is 4.24 Å². The van der Waals surface area contributed by atoms with Gasteiger partial charge in [0.25, 0.3) is 5.91 Å². The highest BCUT2D eigenvalue weighted by molar-refractivity contribution is 8.22. The van der Waals surface area contributed by atoms with Crippen molar-refractivity contribution in [2.24, 2.45) is 0 Å². The summed E-state index contributed by atoms with van der Waals surface area (Å²) in [7, 11) is 3.67. The molecule has 0 fully saturated rings. The molecule has 0 spiro atoms. The minimum absolute atomic E-state index is 0.206. The highest BCUT2D eigenvalue weighted by atomic mass is 32.2. The summed E-state index contributed by atoms with van der Waals surface area (Å²) >= 11 is 3.05. The van der Waals surface area contributed by atoms with Crippen LogP contribution in [0.1, 0.15) is 19.4 Å². The Kier molecular flexibility index (Phi) is 9.45. The first-order valence-corrected chi connectivity index (χ1v) is 10.1. The molecule has 0 bridgehead atoms. The largest absolute Gasteiger partial charge is 0.383 e. The Balaban J connectivity index is 3.18. The molecule has 0 aliphatic carbocycles. The average Bonchev–Trinajstić information content (AvgIpc) is 2.55. The summed E-state index contributed by atoms with van der Waals surface area (Å²) < 4.78 is 0.767. The van der Waals surface area contributed by atoms with E-state index in [1.807, 2.05) is 59.1 Å². The fourth-order valence-electron chi connectivity index (χ4n) is 1.88. The number of amides is 1. The maximum absolute atomic E-state index is 12.8. The predicted octanol–water partition coefficient (Wildman–Crippen LogP) is 4.30. The van der Waals surface area contributed by atoms with E-state index >= 15 is 0 Å². The third kappa shape index (κ3) is 7.40. The molecule has 0 aliphatic rings. The van der Waals surface area contributed by atoms with Crippen LogP contribution in [0.2, 0.25) is 0 Å². The Hall–Kier alpha value is -1.66. The number of carbonyl (C=O) groups is 2. The molecule has 0 saturated heterocycles. The van der Waals surface area contributed by atoms with Gasteiger partial charge in [-0.2, -0.15) is 0 Å². The molecule has 1 aromatic rings. The fourth-order valence-corrected chi connectivity index (χ4v) is 4.12. The number of hydrogen-bond donors (Lipinski definition) is 1. The van der Waals surface area contributed by atoms with Gasteiger partial charge >= 0.3 is 0 Å². The Morgan fingerprint density at radius 3 is 2.12 bits per heavy atom. The molecule has 0 saturated carbocycles. The van der Waals surface area contributed by atoms with Gasteiger partial charge in [0.15, 0.2) is 5.78 Å². The lowest BCUT2D eigenvalue weighted by atomic mass is 10.1. The second-order valence-electron chi connectivity index (χ2n) is 5.49. The molecular formula is C19H26N2O2S2. The second kappa shape index (κ2) is 11.1. The molecule has 136 valence electrons. The molecule has 25 heavy (non-hydrogen) atoms. The van der Waals surface area contributed by atoms with Crippen molar-refractivity contribution in [3.63, 3.8) is 0 Å². The van der Waals surface area contributed by atoms with Crippen LogP contribution in [-0.4, -0.2) is 42.2 Å². The highest BCUT2D eigenvalue weighted by Crippen LogP contribution is 2.32. The van der Waals surface area contributed by atoms with E-state index in [9.17, 15) is 9.59 Å². The summed E-state index contributed by atoms with van der Waals surface area (Å²) in [6, 6.07) is 7.53. The topological polar surface area (TPSA) is 49.4 Å². The van der Waals surface area contributed by atoms with Crippen molar-refractivity contribution in [1.82, 2.24) is 4.90 Å². The number of aryl methyl sites for hydroxylation is 1. The number of nitrogens with one attached hydrogen (secondary N) is 1. The Morgan fingerprint density at radius 2 is 1.64 bits per heavy atom. The van der Waals surface area contributed by atoms with Crippen LogP contribution in [0.5, 0.6) is 0 Å². The number of anilines is 1. The number of allylic oxidation sites excluding steroid dienone is 1. The zero-order valence-electron chi connectivity index (χ0n) is 15.5. The van der Waals surface area contributed by atoms with E-state index in [1.54, 1.807) is 11.1 Å². The van der Waals surface area contributed by atoms with Crippen LogP contribution < -0.4 is 5.32 Å². The highest BCUT2D eigenvalue weighted by Gasteiger charge is 2.22. The van der Waals surface area contributed by atoms with Crippen LogP contribution in [-0.2, 0) is 9.59 Å². The molecule has 0 radical (unpaired) electrons. The molecule has 1 N–H and O–H groups in total. The van der Waals surface area contributed by atoms with E-state index in [1.165, 1.54) is 29.6 Å². The van der Waals surface area contributed by atoms with Gasteiger partial charge in [0.1, 0.15) is 5.57 Å². The van der Waals surface area contributed by atoms with Gasteiger partial charge in [-0.25, -0.2) is 0 Å². The summed E-state index contributed by atoms with van der Waals surface area (Å²) in [6.45, 7) is 6.01. The fraction of sp³-hybridized carbons (Fsp3) is 0.368. The predicted molar refractivity (Wildman–Crippen MR) is 111 cm³/mol. The summed E-state index contributed by atoms with van der Waals surface area (Å²) in [5.41, 5.74) is 2.00. The summed E-state index contributed by atoms with van der Waals surface area (Å²) in [6.07, 6.45) is 3.10. The Labute approximate surface area is 159 Å². The van der Waals surface area contributed by atoms with Crippen LogP contribution in [0, 0.1) is 6.92 Å². The van der Waals surface area contributed by atoms with E-state index in [0.29, 0.717) is 5.69 Å². The number of ketones is 1. The van der Waals surface area contributed by atoms with E-state index in [-0.39, 0.29) is 17.3 Å². The maximum atomic E-state index is 12.8.